The fourth-order valence-corrected chi connectivity index (χ4v) is 3.36. The summed E-state index contributed by atoms with van der Waals surface area (Å²) in [4.78, 5) is 28.6. The van der Waals surface area contributed by atoms with Gasteiger partial charge < -0.3 is 10.4 Å². The van der Waals surface area contributed by atoms with Crippen molar-refractivity contribution in [3.05, 3.63) is 52.8 Å². The van der Waals surface area contributed by atoms with Crippen LogP contribution in [0.25, 0.3) is 11.0 Å². The summed E-state index contributed by atoms with van der Waals surface area (Å²) in [5.41, 5.74) is 4.15. The van der Waals surface area contributed by atoms with Crippen molar-refractivity contribution in [2.45, 2.75) is 32.1 Å². The number of anilines is 1. The number of nitrogens with one attached hydrogen (secondary N) is 1. The predicted octanol–water partition coefficient (Wildman–Crippen LogP) is 3.03. The van der Waals surface area contributed by atoms with Gasteiger partial charge in [0.2, 0.25) is 0 Å². The van der Waals surface area contributed by atoms with Crippen molar-refractivity contribution in [1.29, 1.82) is 0 Å². The molecule has 7 nitrogen and oxygen atoms in total. The van der Waals surface area contributed by atoms with Crippen LogP contribution in [-0.4, -0.2) is 31.7 Å². The molecule has 0 spiro atoms. The molecule has 2 aromatic heterocycles. The number of carboxylic acids is 1. The molecule has 138 valence electrons. The van der Waals surface area contributed by atoms with E-state index in [0.717, 1.165) is 29.6 Å². The molecule has 4 rings (SSSR count). The van der Waals surface area contributed by atoms with Crippen LogP contribution in [0.15, 0.2) is 30.3 Å². The van der Waals surface area contributed by atoms with Crippen LogP contribution in [0.1, 0.15) is 46.1 Å². The molecule has 1 amide bonds. The second-order valence-electron chi connectivity index (χ2n) is 7.00. The highest BCUT2D eigenvalue weighted by molar-refractivity contribution is 6.12. The molecule has 3 aromatic rings. The first-order chi connectivity index (χ1) is 12.9. The fourth-order valence-electron chi connectivity index (χ4n) is 3.36. The third-order valence-corrected chi connectivity index (χ3v) is 4.77. The molecular weight excluding hydrogens is 344 g/mol. The van der Waals surface area contributed by atoms with Crippen LogP contribution >= 0.6 is 0 Å². The van der Waals surface area contributed by atoms with Gasteiger partial charge in [-0.15, -0.1) is 0 Å². The van der Waals surface area contributed by atoms with Crippen LogP contribution in [0.4, 0.5) is 5.69 Å². The fraction of sp³-hybridized carbons (Fsp3) is 0.300. The third-order valence-electron chi connectivity index (χ3n) is 4.77. The second kappa shape index (κ2) is 6.50. The molecule has 1 aliphatic rings. The highest BCUT2D eigenvalue weighted by Gasteiger charge is 2.28. The molecule has 0 atom stereocenters. The van der Waals surface area contributed by atoms with Crippen molar-refractivity contribution >= 4 is 28.6 Å². The number of rotatable bonds is 5. The smallest absolute Gasteiger partial charge is 0.307 e. The van der Waals surface area contributed by atoms with Gasteiger partial charge in [0, 0.05) is 24.3 Å². The minimum Gasteiger partial charge on any atom is -0.481 e. The number of carbonyl (C=O) groups is 2. The van der Waals surface area contributed by atoms with Crippen LogP contribution in [0, 0.1) is 6.92 Å². The summed E-state index contributed by atoms with van der Waals surface area (Å²) >= 11 is 0. The van der Waals surface area contributed by atoms with E-state index in [2.05, 4.69) is 10.4 Å². The van der Waals surface area contributed by atoms with Crippen LogP contribution in [-0.2, 0) is 18.3 Å². The lowest BCUT2D eigenvalue weighted by Gasteiger charge is -2.10. The Balaban J connectivity index is 1.71. The lowest BCUT2D eigenvalue weighted by atomic mass is 10.1. The summed E-state index contributed by atoms with van der Waals surface area (Å²) in [7, 11) is 1.83. The highest BCUT2D eigenvalue weighted by Crippen LogP contribution is 2.40. The SMILES string of the molecule is Cc1nn(C)c2nc(C3CC3)cc(C(=O)Nc3cccc(CC(=O)O)c3)c12. The number of aliphatic carboxylic acids is 1. The van der Waals surface area contributed by atoms with Crippen molar-refractivity contribution in [3.8, 4) is 0 Å². The Kier molecular flexibility index (Phi) is 4.14. The first-order valence-corrected chi connectivity index (χ1v) is 8.88. The highest BCUT2D eigenvalue weighted by atomic mass is 16.4. The molecule has 7 heteroatoms. The summed E-state index contributed by atoms with van der Waals surface area (Å²) in [6.07, 6.45) is 2.10. The van der Waals surface area contributed by atoms with E-state index in [0.29, 0.717) is 28.4 Å². The number of hydrogen-bond acceptors (Lipinski definition) is 4. The first-order valence-electron chi connectivity index (χ1n) is 8.88. The zero-order chi connectivity index (χ0) is 19.1. The summed E-state index contributed by atoms with van der Waals surface area (Å²) in [6.45, 7) is 1.87. The van der Waals surface area contributed by atoms with Crippen LogP contribution < -0.4 is 5.32 Å². The topological polar surface area (TPSA) is 97.1 Å². The number of hydrogen-bond donors (Lipinski definition) is 2. The van der Waals surface area contributed by atoms with Crippen molar-refractivity contribution in [2.24, 2.45) is 7.05 Å². The minimum absolute atomic E-state index is 0.0866. The van der Waals surface area contributed by atoms with Gasteiger partial charge in [-0.2, -0.15) is 5.10 Å². The van der Waals surface area contributed by atoms with Gasteiger partial charge in [-0.3, -0.25) is 14.3 Å². The van der Waals surface area contributed by atoms with E-state index >= 15 is 0 Å². The van der Waals surface area contributed by atoms with Crippen LogP contribution in [0.3, 0.4) is 0 Å². The molecule has 1 aromatic carbocycles. The predicted molar refractivity (Wildman–Crippen MR) is 101 cm³/mol. The average Bonchev–Trinajstić information content (AvgIpc) is 3.41. The van der Waals surface area contributed by atoms with Gasteiger partial charge in [0.15, 0.2) is 5.65 Å². The van der Waals surface area contributed by atoms with Gasteiger partial charge >= 0.3 is 5.97 Å². The molecule has 0 saturated heterocycles. The number of carbonyl (C=O) groups excluding carboxylic acids is 1. The summed E-state index contributed by atoms with van der Waals surface area (Å²) < 4.78 is 1.71. The van der Waals surface area contributed by atoms with Crippen molar-refractivity contribution in [2.75, 3.05) is 5.32 Å². The van der Waals surface area contributed by atoms with E-state index in [-0.39, 0.29) is 12.3 Å². The van der Waals surface area contributed by atoms with E-state index in [9.17, 15) is 9.59 Å². The molecule has 0 radical (unpaired) electrons. The van der Waals surface area contributed by atoms with E-state index in [4.69, 9.17) is 10.1 Å². The number of aryl methyl sites for hydroxylation is 2. The van der Waals surface area contributed by atoms with Crippen molar-refractivity contribution in [3.63, 3.8) is 0 Å². The summed E-state index contributed by atoms with van der Waals surface area (Å²) in [5.74, 6) is -0.739. The maximum atomic E-state index is 13.0. The quantitative estimate of drug-likeness (QED) is 0.725. The average molecular weight is 364 g/mol. The number of aromatic nitrogens is 3. The Bertz CT molecular complexity index is 1070. The number of amides is 1. The molecule has 1 saturated carbocycles. The zero-order valence-electron chi connectivity index (χ0n) is 15.2. The molecule has 2 N–H and O–H groups in total. The molecule has 0 bridgehead atoms. The normalized spacial score (nSPS) is 13.7. The van der Waals surface area contributed by atoms with Gasteiger partial charge in [0.1, 0.15) is 0 Å². The molecule has 27 heavy (non-hydrogen) atoms. The van der Waals surface area contributed by atoms with Crippen molar-refractivity contribution in [1.82, 2.24) is 14.8 Å². The maximum Gasteiger partial charge on any atom is 0.307 e. The van der Waals surface area contributed by atoms with Gasteiger partial charge in [0.05, 0.1) is 23.1 Å². The number of pyridine rings is 1. The molecule has 1 aliphatic carbocycles. The Labute approximate surface area is 156 Å². The van der Waals surface area contributed by atoms with E-state index in [1.54, 1.807) is 28.9 Å². The molecule has 1 fully saturated rings. The maximum absolute atomic E-state index is 13.0. The lowest BCUT2D eigenvalue weighted by Crippen LogP contribution is -2.14. The summed E-state index contributed by atoms with van der Waals surface area (Å²) in [6, 6.07) is 8.76. The zero-order valence-corrected chi connectivity index (χ0v) is 15.2. The van der Waals surface area contributed by atoms with E-state index in [1.807, 2.05) is 20.0 Å². The number of carboxylic acid groups (broad SMARTS) is 1. The number of benzene rings is 1. The molecule has 0 unspecified atom stereocenters. The minimum atomic E-state index is -0.908. The summed E-state index contributed by atoms with van der Waals surface area (Å²) in [5, 5.41) is 17.0. The lowest BCUT2D eigenvalue weighted by molar-refractivity contribution is -0.136. The van der Waals surface area contributed by atoms with Gasteiger partial charge in [-0.25, -0.2) is 4.98 Å². The molecule has 0 aliphatic heterocycles. The second-order valence-corrected chi connectivity index (χ2v) is 7.00. The van der Waals surface area contributed by atoms with Crippen LogP contribution in [0.2, 0.25) is 0 Å². The molecular formula is C20H20N4O3. The standard InChI is InChI=1S/C20H20N4O3/c1-11-18-15(10-16(13-6-7-13)22-19(18)24(2)23-11)20(27)21-14-5-3-4-12(8-14)9-17(25)26/h3-5,8,10,13H,6-7,9H2,1-2H3,(H,21,27)(H,25,26). The molecule has 2 heterocycles. The Morgan fingerprint density at radius 1 is 1.30 bits per heavy atom. The Morgan fingerprint density at radius 2 is 2.07 bits per heavy atom. The number of nitrogens with zero attached hydrogens (tertiary/aromatic N) is 3. The van der Waals surface area contributed by atoms with Crippen molar-refractivity contribution < 1.29 is 14.7 Å². The largest absolute Gasteiger partial charge is 0.481 e. The van der Waals surface area contributed by atoms with Gasteiger partial charge in [-0.1, -0.05) is 12.1 Å². The van der Waals surface area contributed by atoms with Crippen LogP contribution in [0.5, 0.6) is 0 Å². The first kappa shape index (κ1) is 17.2. The van der Waals surface area contributed by atoms with Gasteiger partial charge in [0.25, 0.3) is 5.91 Å². The Morgan fingerprint density at radius 3 is 2.78 bits per heavy atom. The van der Waals surface area contributed by atoms with Gasteiger partial charge in [-0.05, 0) is 43.5 Å². The third kappa shape index (κ3) is 3.40. The monoisotopic (exact) mass is 364 g/mol. The van der Waals surface area contributed by atoms with E-state index < -0.39 is 5.97 Å². The van der Waals surface area contributed by atoms with E-state index in [1.165, 1.54) is 0 Å². The number of fused-ring (bicyclic) bond motifs is 1. The Hall–Kier alpha value is -3.22.